The molecule has 0 spiro atoms. The Labute approximate surface area is 118 Å². The number of ether oxygens (including phenoxy) is 1. The van der Waals surface area contributed by atoms with E-state index >= 15 is 0 Å². The fourth-order valence-corrected chi connectivity index (χ4v) is 2.50. The van der Waals surface area contributed by atoms with Crippen LogP contribution in [0.4, 0.5) is 0 Å². The summed E-state index contributed by atoms with van der Waals surface area (Å²) in [5.74, 6) is 0.649. The van der Waals surface area contributed by atoms with Gasteiger partial charge in [-0.05, 0) is 56.5 Å². The van der Waals surface area contributed by atoms with Gasteiger partial charge in [0.2, 0.25) is 0 Å². The van der Waals surface area contributed by atoms with Crippen LogP contribution < -0.4 is 15.8 Å². The molecule has 1 aliphatic heterocycles. The molecule has 1 saturated heterocycles. The molecule has 1 unspecified atom stereocenters. The molecule has 0 saturated carbocycles. The van der Waals surface area contributed by atoms with E-state index < -0.39 is 5.91 Å². The molecule has 2 rings (SSSR count). The van der Waals surface area contributed by atoms with Gasteiger partial charge < -0.3 is 15.8 Å². The summed E-state index contributed by atoms with van der Waals surface area (Å²) in [5, 5.41) is 3.86. The van der Waals surface area contributed by atoms with Gasteiger partial charge in [0.15, 0.2) is 0 Å². The van der Waals surface area contributed by atoms with Crippen LogP contribution in [0.1, 0.15) is 29.6 Å². The van der Waals surface area contributed by atoms with Gasteiger partial charge in [0.1, 0.15) is 5.75 Å². The Kier molecular flexibility index (Phi) is 5.05. The van der Waals surface area contributed by atoms with Crippen LogP contribution in [0.3, 0.4) is 0 Å². The first-order valence-corrected chi connectivity index (χ1v) is 6.97. The summed E-state index contributed by atoms with van der Waals surface area (Å²) in [5.41, 5.74) is 5.65. The SMILES string of the molecule is NC(=O)c1cc(Cl)ccc1OCCC1CCCNC1. The van der Waals surface area contributed by atoms with Gasteiger partial charge in [-0.25, -0.2) is 0 Å². The minimum atomic E-state index is -0.517. The number of primary amides is 1. The van der Waals surface area contributed by atoms with Gasteiger partial charge in [0, 0.05) is 5.02 Å². The predicted molar refractivity (Wildman–Crippen MR) is 75.7 cm³/mol. The minimum Gasteiger partial charge on any atom is -0.493 e. The highest BCUT2D eigenvalue weighted by Crippen LogP contribution is 2.23. The lowest BCUT2D eigenvalue weighted by atomic mass is 9.97. The third kappa shape index (κ3) is 4.11. The maximum atomic E-state index is 11.3. The zero-order chi connectivity index (χ0) is 13.7. The van der Waals surface area contributed by atoms with Gasteiger partial charge in [-0.3, -0.25) is 4.79 Å². The quantitative estimate of drug-likeness (QED) is 0.870. The number of hydrogen-bond acceptors (Lipinski definition) is 3. The van der Waals surface area contributed by atoms with Gasteiger partial charge in [0.25, 0.3) is 5.91 Å². The number of halogens is 1. The molecule has 0 aliphatic carbocycles. The topological polar surface area (TPSA) is 64.4 Å². The third-order valence-corrected chi connectivity index (χ3v) is 3.62. The zero-order valence-corrected chi connectivity index (χ0v) is 11.6. The molecule has 1 aromatic carbocycles. The number of benzene rings is 1. The molecule has 19 heavy (non-hydrogen) atoms. The summed E-state index contributed by atoms with van der Waals surface area (Å²) in [6.45, 7) is 2.75. The molecule has 1 aromatic rings. The molecule has 3 N–H and O–H groups in total. The van der Waals surface area contributed by atoms with Crippen LogP contribution in [0.25, 0.3) is 0 Å². The molecule has 5 heteroatoms. The van der Waals surface area contributed by atoms with Crippen LogP contribution in [0.15, 0.2) is 18.2 Å². The zero-order valence-electron chi connectivity index (χ0n) is 10.8. The van der Waals surface area contributed by atoms with E-state index in [-0.39, 0.29) is 0 Å². The summed E-state index contributed by atoms with van der Waals surface area (Å²) >= 11 is 5.85. The van der Waals surface area contributed by atoms with Crippen molar-refractivity contribution >= 4 is 17.5 Å². The Bertz CT molecular complexity index is 445. The molecule has 4 nitrogen and oxygen atoms in total. The molecule has 1 aliphatic rings. The van der Waals surface area contributed by atoms with Crippen molar-refractivity contribution in [2.45, 2.75) is 19.3 Å². The lowest BCUT2D eigenvalue weighted by Crippen LogP contribution is -2.30. The Morgan fingerprint density at radius 2 is 2.37 bits per heavy atom. The number of hydrogen-bond donors (Lipinski definition) is 2. The van der Waals surface area contributed by atoms with Crippen molar-refractivity contribution in [1.82, 2.24) is 5.32 Å². The first-order valence-electron chi connectivity index (χ1n) is 6.59. The molecular formula is C14H19ClN2O2. The minimum absolute atomic E-state index is 0.342. The molecule has 0 aromatic heterocycles. The van der Waals surface area contributed by atoms with Crippen LogP contribution in [-0.2, 0) is 0 Å². The van der Waals surface area contributed by atoms with Crippen molar-refractivity contribution < 1.29 is 9.53 Å². The predicted octanol–water partition coefficient (Wildman–Crippen LogP) is 2.21. The number of amides is 1. The maximum Gasteiger partial charge on any atom is 0.252 e. The molecule has 1 atom stereocenters. The van der Waals surface area contributed by atoms with E-state index in [0.717, 1.165) is 19.5 Å². The van der Waals surface area contributed by atoms with Gasteiger partial charge in [0.05, 0.1) is 12.2 Å². The normalized spacial score (nSPS) is 19.1. The molecule has 1 heterocycles. The van der Waals surface area contributed by atoms with Gasteiger partial charge >= 0.3 is 0 Å². The monoisotopic (exact) mass is 282 g/mol. The second kappa shape index (κ2) is 6.78. The number of carbonyl (C=O) groups is 1. The highest BCUT2D eigenvalue weighted by Gasteiger charge is 2.14. The maximum absolute atomic E-state index is 11.3. The Hall–Kier alpha value is -1.26. The van der Waals surface area contributed by atoms with Crippen LogP contribution >= 0.6 is 11.6 Å². The number of nitrogens with two attached hydrogens (primary N) is 1. The molecule has 1 fully saturated rings. The summed E-state index contributed by atoms with van der Waals surface area (Å²) in [6, 6.07) is 4.94. The molecular weight excluding hydrogens is 264 g/mol. The largest absolute Gasteiger partial charge is 0.493 e. The van der Waals surface area contributed by atoms with E-state index in [1.165, 1.54) is 12.8 Å². The van der Waals surface area contributed by atoms with Crippen LogP contribution in [-0.4, -0.2) is 25.6 Å². The first-order chi connectivity index (χ1) is 9.16. The van der Waals surface area contributed by atoms with Crippen molar-refractivity contribution in [3.63, 3.8) is 0 Å². The summed E-state index contributed by atoms with van der Waals surface area (Å²) in [4.78, 5) is 11.3. The van der Waals surface area contributed by atoms with Crippen molar-refractivity contribution in [2.24, 2.45) is 11.7 Å². The lowest BCUT2D eigenvalue weighted by Gasteiger charge is -2.22. The second-order valence-electron chi connectivity index (χ2n) is 4.85. The summed E-state index contributed by atoms with van der Waals surface area (Å²) in [7, 11) is 0. The van der Waals surface area contributed by atoms with Gasteiger partial charge in [-0.15, -0.1) is 0 Å². The fourth-order valence-electron chi connectivity index (χ4n) is 2.33. The molecule has 0 bridgehead atoms. The number of nitrogens with one attached hydrogen (secondary N) is 1. The van der Waals surface area contributed by atoms with E-state index in [2.05, 4.69) is 5.32 Å². The van der Waals surface area contributed by atoms with Crippen LogP contribution in [0, 0.1) is 5.92 Å². The van der Waals surface area contributed by atoms with E-state index in [1.54, 1.807) is 18.2 Å². The van der Waals surface area contributed by atoms with Crippen molar-refractivity contribution in [1.29, 1.82) is 0 Å². The Balaban J connectivity index is 1.89. The van der Waals surface area contributed by atoms with Crippen molar-refractivity contribution in [2.75, 3.05) is 19.7 Å². The van der Waals surface area contributed by atoms with E-state index in [1.807, 2.05) is 0 Å². The Morgan fingerprint density at radius 1 is 1.53 bits per heavy atom. The first kappa shape index (κ1) is 14.2. The average molecular weight is 283 g/mol. The fraction of sp³-hybridized carbons (Fsp3) is 0.500. The van der Waals surface area contributed by atoms with E-state index in [0.29, 0.717) is 28.9 Å². The van der Waals surface area contributed by atoms with E-state index in [9.17, 15) is 4.79 Å². The molecule has 0 radical (unpaired) electrons. The Morgan fingerprint density at radius 3 is 3.05 bits per heavy atom. The van der Waals surface area contributed by atoms with E-state index in [4.69, 9.17) is 22.1 Å². The molecule has 104 valence electrons. The van der Waals surface area contributed by atoms with Crippen molar-refractivity contribution in [3.8, 4) is 5.75 Å². The number of carbonyl (C=O) groups excluding carboxylic acids is 1. The smallest absolute Gasteiger partial charge is 0.252 e. The van der Waals surface area contributed by atoms with Crippen molar-refractivity contribution in [3.05, 3.63) is 28.8 Å². The second-order valence-corrected chi connectivity index (χ2v) is 5.29. The summed E-state index contributed by atoms with van der Waals surface area (Å²) < 4.78 is 5.67. The van der Waals surface area contributed by atoms with Crippen LogP contribution in [0.2, 0.25) is 5.02 Å². The van der Waals surface area contributed by atoms with Crippen LogP contribution in [0.5, 0.6) is 5.75 Å². The third-order valence-electron chi connectivity index (χ3n) is 3.39. The standard InChI is InChI=1S/C14H19ClN2O2/c15-11-3-4-13(12(8-11)14(16)18)19-7-5-10-2-1-6-17-9-10/h3-4,8,10,17H,1-2,5-7,9H2,(H2,16,18). The number of rotatable bonds is 5. The molecule has 1 amide bonds. The average Bonchev–Trinajstić information content (AvgIpc) is 2.41. The van der Waals surface area contributed by atoms with Gasteiger partial charge in [-0.1, -0.05) is 11.6 Å². The summed E-state index contributed by atoms with van der Waals surface area (Å²) in [6.07, 6.45) is 3.44. The highest BCUT2D eigenvalue weighted by atomic mass is 35.5. The highest BCUT2D eigenvalue weighted by molar-refractivity contribution is 6.31. The number of piperidine rings is 1. The lowest BCUT2D eigenvalue weighted by molar-refractivity contribution is 0.0996. The van der Waals surface area contributed by atoms with Gasteiger partial charge in [-0.2, -0.15) is 0 Å².